The smallest absolute Gasteiger partial charge is 0.0466 e. The largest absolute Gasteiger partial charge is 0.381 e. The summed E-state index contributed by atoms with van der Waals surface area (Å²) in [5.74, 6) is 0. The van der Waals surface area contributed by atoms with Crippen molar-refractivity contribution in [1.29, 1.82) is 0 Å². The third kappa shape index (κ3) is 34.0. The summed E-state index contributed by atoms with van der Waals surface area (Å²) in [5, 5.41) is 0. The van der Waals surface area contributed by atoms with Crippen molar-refractivity contribution in [2.24, 2.45) is 0 Å². The molecule has 0 aliphatic carbocycles. The molecule has 0 unspecified atom stereocenters. The van der Waals surface area contributed by atoms with E-state index in [1.54, 1.807) is 0 Å². The van der Waals surface area contributed by atoms with E-state index in [0.29, 0.717) is 0 Å². The molecular weight excluding hydrogens is 424 g/mol. The summed E-state index contributed by atoms with van der Waals surface area (Å²) in [5.41, 5.74) is 0. The Morgan fingerprint density at radius 1 is 0.229 bits per heavy atom. The molecule has 1 nitrogen and oxygen atoms in total. The van der Waals surface area contributed by atoms with Crippen molar-refractivity contribution in [3.8, 4) is 0 Å². The van der Waals surface area contributed by atoms with Crippen LogP contribution in [0.2, 0.25) is 0 Å². The van der Waals surface area contributed by atoms with Gasteiger partial charge >= 0.3 is 0 Å². The molecule has 0 spiro atoms. The lowest BCUT2D eigenvalue weighted by molar-refractivity contribution is 0.125. The number of hydrogen-bond donors (Lipinski definition) is 0. The first kappa shape index (κ1) is 35.0. The zero-order valence-electron chi connectivity index (χ0n) is 25.0. The van der Waals surface area contributed by atoms with Crippen molar-refractivity contribution in [1.82, 2.24) is 0 Å². The second-order valence-corrected chi connectivity index (χ2v) is 11.5. The van der Waals surface area contributed by atoms with E-state index in [1.165, 1.54) is 193 Å². The van der Waals surface area contributed by atoms with Gasteiger partial charge < -0.3 is 4.74 Å². The Bertz CT molecular complexity index is 307. The molecule has 0 rings (SSSR count). The number of ether oxygens (including phenoxy) is 1. The van der Waals surface area contributed by atoms with Gasteiger partial charge in [0.25, 0.3) is 0 Å². The van der Waals surface area contributed by atoms with Crippen LogP contribution in [-0.2, 0) is 4.74 Å². The Balaban J connectivity index is 3.00. The van der Waals surface area contributed by atoms with Crippen LogP contribution in [-0.4, -0.2) is 13.2 Å². The SMILES string of the molecule is CCCCCCCCCCCCCCCCCCCCCCOCCCCCCCCCCCC. The van der Waals surface area contributed by atoms with Crippen LogP contribution < -0.4 is 0 Å². The van der Waals surface area contributed by atoms with Gasteiger partial charge in [0, 0.05) is 13.2 Å². The van der Waals surface area contributed by atoms with Crippen molar-refractivity contribution < 1.29 is 4.74 Å². The van der Waals surface area contributed by atoms with E-state index >= 15 is 0 Å². The van der Waals surface area contributed by atoms with Crippen molar-refractivity contribution in [3.05, 3.63) is 0 Å². The maximum Gasteiger partial charge on any atom is 0.0466 e. The lowest BCUT2D eigenvalue weighted by Gasteiger charge is -2.05. The summed E-state index contributed by atoms with van der Waals surface area (Å²) in [6.07, 6.45) is 43.1. The quantitative estimate of drug-likeness (QED) is 0.0844. The molecule has 0 atom stereocenters. The number of unbranched alkanes of at least 4 members (excludes halogenated alkanes) is 28. The monoisotopic (exact) mass is 495 g/mol. The van der Waals surface area contributed by atoms with Crippen molar-refractivity contribution in [2.75, 3.05) is 13.2 Å². The maximum atomic E-state index is 5.84. The molecule has 0 aliphatic heterocycles. The summed E-state index contributed by atoms with van der Waals surface area (Å²) in [4.78, 5) is 0. The molecule has 0 saturated heterocycles. The topological polar surface area (TPSA) is 9.23 Å². The first-order valence-corrected chi connectivity index (χ1v) is 17.0. The Labute approximate surface area is 224 Å². The van der Waals surface area contributed by atoms with E-state index in [1.807, 2.05) is 0 Å². The van der Waals surface area contributed by atoms with Gasteiger partial charge in [-0.15, -0.1) is 0 Å². The van der Waals surface area contributed by atoms with Gasteiger partial charge in [-0.3, -0.25) is 0 Å². The van der Waals surface area contributed by atoms with Crippen LogP contribution in [0.1, 0.15) is 206 Å². The molecule has 212 valence electrons. The average Bonchev–Trinajstić information content (AvgIpc) is 2.87. The Morgan fingerprint density at radius 3 is 0.600 bits per heavy atom. The summed E-state index contributed by atoms with van der Waals surface area (Å²) in [7, 11) is 0. The number of rotatable bonds is 32. The Morgan fingerprint density at radius 2 is 0.400 bits per heavy atom. The fourth-order valence-corrected chi connectivity index (χ4v) is 5.25. The Hall–Kier alpha value is -0.0400. The van der Waals surface area contributed by atoms with Gasteiger partial charge in [-0.2, -0.15) is 0 Å². The highest BCUT2D eigenvalue weighted by atomic mass is 16.5. The molecule has 0 fully saturated rings. The highest BCUT2D eigenvalue weighted by molar-refractivity contribution is 4.51. The van der Waals surface area contributed by atoms with Crippen molar-refractivity contribution >= 4 is 0 Å². The van der Waals surface area contributed by atoms with Crippen LogP contribution in [0.15, 0.2) is 0 Å². The third-order valence-electron chi connectivity index (χ3n) is 7.78. The van der Waals surface area contributed by atoms with E-state index < -0.39 is 0 Å². The van der Waals surface area contributed by atoms with Gasteiger partial charge in [0.15, 0.2) is 0 Å². The zero-order chi connectivity index (χ0) is 25.3. The normalized spacial score (nSPS) is 11.5. The van der Waals surface area contributed by atoms with Crippen LogP contribution in [0.4, 0.5) is 0 Å². The lowest BCUT2D eigenvalue weighted by Crippen LogP contribution is -1.97. The molecule has 35 heavy (non-hydrogen) atoms. The van der Waals surface area contributed by atoms with Crippen LogP contribution >= 0.6 is 0 Å². The average molecular weight is 495 g/mol. The number of hydrogen-bond acceptors (Lipinski definition) is 1. The lowest BCUT2D eigenvalue weighted by atomic mass is 10.0. The van der Waals surface area contributed by atoms with Gasteiger partial charge in [-0.05, 0) is 12.8 Å². The van der Waals surface area contributed by atoms with Crippen LogP contribution in [0, 0.1) is 0 Å². The van der Waals surface area contributed by atoms with E-state index in [-0.39, 0.29) is 0 Å². The predicted molar refractivity (Wildman–Crippen MR) is 161 cm³/mol. The molecule has 0 saturated carbocycles. The molecule has 0 bridgehead atoms. The summed E-state index contributed by atoms with van der Waals surface area (Å²) >= 11 is 0. The first-order valence-electron chi connectivity index (χ1n) is 17.0. The van der Waals surface area contributed by atoms with Gasteiger partial charge in [0.05, 0.1) is 0 Å². The second kappa shape index (κ2) is 34.0. The summed E-state index contributed by atoms with van der Waals surface area (Å²) in [6.45, 7) is 6.59. The fraction of sp³-hybridized carbons (Fsp3) is 1.00. The highest BCUT2D eigenvalue weighted by Crippen LogP contribution is 2.15. The van der Waals surface area contributed by atoms with Gasteiger partial charge in [0.2, 0.25) is 0 Å². The minimum atomic E-state index is 0.996. The first-order chi connectivity index (χ1) is 17.4. The molecule has 0 aromatic carbocycles. The zero-order valence-corrected chi connectivity index (χ0v) is 25.0. The molecular formula is C34H70O. The van der Waals surface area contributed by atoms with Gasteiger partial charge in [-0.1, -0.05) is 194 Å². The van der Waals surface area contributed by atoms with Crippen LogP contribution in [0.3, 0.4) is 0 Å². The van der Waals surface area contributed by atoms with Crippen molar-refractivity contribution in [3.63, 3.8) is 0 Å². The second-order valence-electron chi connectivity index (χ2n) is 11.5. The molecule has 0 heterocycles. The molecule has 0 aromatic heterocycles. The minimum Gasteiger partial charge on any atom is -0.381 e. The Kier molecular flexibility index (Phi) is 33.9. The highest BCUT2D eigenvalue weighted by Gasteiger charge is 1.97. The predicted octanol–water partition coefficient (Wildman–Crippen LogP) is 12.7. The third-order valence-corrected chi connectivity index (χ3v) is 7.78. The van der Waals surface area contributed by atoms with Gasteiger partial charge in [-0.25, -0.2) is 0 Å². The van der Waals surface area contributed by atoms with E-state index in [4.69, 9.17) is 4.74 Å². The standard InChI is InChI=1S/C34H70O/c1-3-5-7-9-11-13-15-16-17-18-19-20-21-22-23-24-26-28-30-32-34-35-33-31-29-27-25-14-12-10-8-6-4-2/h3-34H2,1-2H3. The molecule has 0 N–H and O–H groups in total. The van der Waals surface area contributed by atoms with E-state index in [2.05, 4.69) is 13.8 Å². The summed E-state index contributed by atoms with van der Waals surface area (Å²) in [6, 6.07) is 0. The molecule has 0 radical (unpaired) electrons. The van der Waals surface area contributed by atoms with Gasteiger partial charge in [0.1, 0.15) is 0 Å². The molecule has 0 amide bonds. The molecule has 0 aromatic rings. The molecule has 0 aliphatic rings. The summed E-state index contributed by atoms with van der Waals surface area (Å²) < 4.78 is 5.84. The van der Waals surface area contributed by atoms with Crippen LogP contribution in [0.5, 0.6) is 0 Å². The van der Waals surface area contributed by atoms with E-state index in [0.717, 1.165) is 13.2 Å². The maximum absolute atomic E-state index is 5.84. The van der Waals surface area contributed by atoms with E-state index in [9.17, 15) is 0 Å². The molecule has 1 heteroatoms. The van der Waals surface area contributed by atoms with Crippen molar-refractivity contribution in [2.45, 2.75) is 206 Å². The van der Waals surface area contributed by atoms with Crippen LogP contribution in [0.25, 0.3) is 0 Å². The fourth-order valence-electron chi connectivity index (χ4n) is 5.25. The minimum absolute atomic E-state index is 0.996.